The van der Waals surface area contributed by atoms with Gasteiger partial charge >= 0.3 is 0 Å². The second-order valence-electron chi connectivity index (χ2n) is 6.81. The van der Waals surface area contributed by atoms with E-state index in [1.54, 1.807) is 0 Å². The molecule has 0 aromatic heterocycles. The van der Waals surface area contributed by atoms with Crippen LogP contribution < -0.4 is 4.74 Å². The van der Waals surface area contributed by atoms with E-state index in [2.05, 4.69) is 37.0 Å². The summed E-state index contributed by atoms with van der Waals surface area (Å²) in [5.41, 5.74) is 2.16. The van der Waals surface area contributed by atoms with Gasteiger partial charge in [-0.3, -0.25) is 4.90 Å². The smallest absolute Gasteiger partial charge is 0.123 e. The lowest BCUT2D eigenvalue weighted by Gasteiger charge is -2.19. The number of allylic oxidation sites excluding steroid dienone is 1. The fourth-order valence-corrected chi connectivity index (χ4v) is 2.68. The van der Waals surface area contributed by atoms with Crippen LogP contribution in [0.2, 0.25) is 0 Å². The molecule has 0 radical (unpaired) electrons. The molecule has 1 aliphatic rings. The molecule has 0 amide bonds. The maximum Gasteiger partial charge on any atom is 0.123 e. The van der Waals surface area contributed by atoms with Gasteiger partial charge in [-0.05, 0) is 29.5 Å². The zero-order valence-corrected chi connectivity index (χ0v) is 14.2. The largest absolute Gasteiger partial charge is 0.492 e. The number of hydrogen-bond acceptors (Lipinski definition) is 3. The number of fused-ring (bicyclic) bond motifs is 1. The van der Waals surface area contributed by atoms with E-state index in [-0.39, 0.29) is 5.92 Å². The first-order chi connectivity index (χ1) is 10.5. The highest BCUT2D eigenvalue weighted by Gasteiger charge is 2.18. The first-order valence-corrected chi connectivity index (χ1v) is 8.30. The van der Waals surface area contributed by atoms with Crippen LogP contribution >= 0.6 is 0 Å². The van der Waals surface area contributed by atoms with Gasteiger partial charge in [0.05, 0.1) is 6.10 Å². The third-order valence-electron chi connectivity index (χ3n) is 4.00. The Hall–Kier alpha value is -1.32. The van der Waals surface area contributed by atoms with Crippen LogP contribution in [0.3, 0.4) is 0 Å². The number of aliphatic hydroxyl groups excluding tert-OH is 1. The molecule has 0 fully saturated rings. The molecule has 0 bridgehead atoms. The first kappa shape index (κ1) is 17.0. The minimum atomic E-state index is -0.414. The Morgan fingerprint density at radius 2 is 2.05 bits per heavy atom. The number of ether oxygens (including phenoxy) is 1. The van der Waals surface area contributed by atoms with E-state index in [9.17, 15) is 5.11 Å². The van der Waals surface area contributed by atoms with E-state index in [0.29, 0.717) is 12.5 Å². The lowest BCUT2D eigenvalue weighted by atomic mass is 9.97. The van der Waals surface area contributed by atoms with Crippen molar-refractivity contribution in [1.82, 2.24) is 4.90 Å². The van der Waals surface area contributed by atoms with E-state index >= 15 is 0 Å². The van der Waals surface area contributed by atoms with Crippen molar-refractivity contribution < 1.29 is 9.84 Å². The van der Waals surface area contributed by atoms with Gasteiger partial charge in [-0.1, -0.05) is 45.9 Å². The maximum atomic E-state index is 10.3. The summed E-state index contributed by atoms with van der Waals surface area (Å²) in [6.07, 6.45) is 4.07. The molecule has 1 aromatic carbocycles. The molecule has 0 saturated carbocycles. The van der Waals surface area contributed by atoms with Gasteiger partial charge in [0, 0.05) is 25.2 Å². The van der Waals surface area contributed by atoms with Crippen molar-refractivity contribution in [3.63, 3.8) is 0 Å². The zero-order chi connectivity index (χ0) is 16.1. The minimum Gasteiger partial charge on any atom is -0.492 e. The molecule has 0 unspecified atom stereocenters. The summed E-state index contributed by atoms with van der Waals surface area (Å²) in [6.45, 7) is 11.9. The summed E-state index contributed by atoms with van der Waals surface area (Å²) in [4.78, 5) is 2.39. The predicted molar refractivity (Wildman–Crippen MR) is 91.0 cm³/mol. The highest BCUT2D eigenvalue weighted by molar-refractivity contribution is 5.38. The summed E-state index contributed by atoms with van der Waals surface area (Å²) in [5.74, 6) is 1.76. The minimum absolute atomic E-state index is 0.217. The molecule has 1 atom stereocenters. The fourth-order valence-electron chi connectivity index (χ4n) is 2.68. The Labute approximate surface area is 134 Å². The van der Waals surface area contributed by atoms with Crippen molar-refractivity contribution >= 4 is 0 Å². The molecule has 122 valence electrons. The average Bonchev–Trinajstić information content (AvgIpc) is 2.66. The van der Waals surface area contributed by atoms with Gasteiger partial charge < -0.3 is 9.84 Å². The number of rotatable bonds is 5. The van der Waals surface area contributed by atoms with Gasteiger partial charge in [0.15, 0.2) is 0 Å². The topological polar surface area (TPSA) is 32.7 Å². The van der Waals surface area contributed by atoms with Gasteiger partial charge in [-0.25, -0.2) is 0 Å². The second kappa shape index (κ2) is 7.80. The third kappa shape index (κ3) is 4.59. The molecule has 3 heteroatoms. The van der Waals surface area contributed by atoms with Crippen molar-refractivity contribution in [2.45, 2.75) is 40.3 Å². The van der Waals surface area contributed by atoms with E-state index in [1.165, 1.54) is 5.56 Å². The molecule has 1 N–H and O–H groups in total. The summed E-state index contributed by atoms with van der Waals surface area (Å²) in [7, 11) is 0. The molecule has 22 heavy (non-hydrogen) atoms. The molecular weight excluding hydrogens is 274 g/mol. The Morgan fingerprint density at radius 3 is 2.73 bits per heavy atom. The molecule has 0 aliphatic carbocycles. The number of benzene rings is 1. The molecule has 2 rings (SSSR count). The average molecular weight is 303 g/mol. The van der Waals surface area contributed by atoms with Crippen LogP contribution in [-0.4, -0.2) is 29.7 Å². The summed E-state index contributed by atoms with van der Waals surface area (Å²) in [5, 5.41) is 10.3. The lowest BCUT2D eigenvalue weighted by Crippen LogP contribution is -2.25. The van der Waals surface area contributed by atoms with Crippen molar-refractivity contribution in [2.75, 3.05) is 19.7 Å². The van der Waals surface area contributed by atoms with Gasteiger partial charge in [-0.15, -0.1) is 0 Å². The van der Waals surface area contributed by atoms with Crippen molar-refractivity contribution in [3.05, 3.63) is 41.5 Å². The predicted octanol–water partition coefficient (Wildman–Crippen LogP) is 3.78. The standard InChI is InChI=1S/C19H29NO2/c1-14(2)6-5-9-20-10-11-22-18-8-7-16(12-17(18)13-20)19(21)15(3)4/h5-8,12,14-15,19,21H,9-11,13H2,1-4H3/b6-5+/t19-/m1/s1. The quantitative estimate of drug-likeness (QED) is 0.840. The molecule has 0 spiro atoms. The van der Waals surface area contributed by atoms with Gasteiger partial charge in [0.25, 0.3) is 0 Å². The molecule has 0 saturated heterocycles. The van der Waals surface area contributed by atoms with Crippen LogP contribution in [0.1, 0.15) is 44.9 Å². The molecule has 1 heterocycles. The first-order valence-electron chi connectivity index (χ1n) is 8.30. The Balaban J connectivity index is 2.12. The Morgan fingerprint density at radius 1 is 1.27 bits per heavy atom. The van der Waals surface area contributed by atoms with Gasteiger partial charge in [0.2, 0.25) is 0 Å². The van der Waals surface area contributed by atoms with E-state index in [4.69, 9.17) is 4.74 Å². The van der Waals surface area contributed by atoms with Crippen LogP contribution in [0.25, 0.3) is 0 Å². The van der Waals surface area contributed by atoms with Crippen molar-refractivity contribution in [1.29, 1.82) is 0 Å². The van der Waals surface area contributed by atoms with Crippen LogP contribution in [0.15, 0.2) is 30.4 Å². The number of aliphatic hydroxyl groups is 1. The highest BCUT2D eigenvalue weighted by atomic mass is 16.5. The molecule has 1 aliphatic heterocycles. The van der Waals surface area contributed by atoms with E-state index in [1.807, 2.05) is 26.0 Å². The number of nitrogens with zero attached hydrogens (tertiary/aromatic N) is 1. The third-order valence-corrected chi connectivity index (χ3v) is 4.00. The van der Waals surface area contributed by atoms with Crippen LogP contribution in [0.5, 0.6) is 5.75 Å². The van der Waals surface area contributed by atoms with Crippen LogP contribution in [0, 0.1) is 11.8 Å². The molecular formula is C19H29NO2. The van der Waals surface area contributed by atoms with Crippen LogP contribution in [0.4, 0.5) is 0 Å². The normalized spacial score (nSPS) is 17.6. The molecule has 3 nitrogen and oxygen atoms in total. The van der Waals surface area contributed by atoms with Crippen LogP contribution in [-0.2, 0) is 6.54 Å². The van der Waals surface area contributed by atoms with E-state index < -0.39 is 6.10 Å². The Kier molecular flexibility index (Phi) is 6.04. The lowest BCUT2D eigenvalue weighted by molar-refractivity contribution is 0.126. The summed E-state index contributed by atoms with van der Waals surface area (Å²) < 4.78 is 5.85. The SMILES string of the molecule is CC(C)/C=C/CN1CCOc2ccc([C@H](O)C(C)C)cc2C1. The van der Waals surface area contributed by atoms with Crippen molar-refractivity contribution in [2.24, 2.45) is 11.8 Å². The highest BCUT2D eigenvalue weighted by Crippen LogP contribution is 2.29. The monoisotopic (exact) mass is 303 g/mol. The van der Waals surface area contributed by atoms with Gasteiger partial charge in [0.1, 0.15) is 12.4 Å². The zero-order valence-electron chi connectivity index (χ0n) is 14.2. The number of hydrogen-bond donors (Lipinski definition) is 1. The fraction of sp³-hybridized carbons (Fsp3) is 0.579. The van der Waals surface area contributed by atoms with E-state index in [0.717, 1.165) is 30.9 Å². The van der Waals surface area contributed by atoms with Gasteiger partial charge in [-0.2, -0.15) is 0 Å². The summed E-state index contributed by atoms with van der Waals surface area (Å²) >= 11 is 0. The maximum absolute atomic E-state index is 10.3. The Bertz CT molecular complexity index is 508. The summed E-state index contributed by atoms with van der Waals surface area (Å²) in [6, 6.07) is 6.09. The van der Waals surface area contributed by atoms with Crippen molar-refractivity contribution in [3.8, 4) is 5.75 Å². The second-order valence-corrected chi connectivity index (χ2v) is 6.81. The molecule has 1 aromatic rings.